The predicted octanol–water partition coefficient (Wildman–Crippen LogP) is 3.00. The van der Waals surface area contributed by atoms with Crippen molar-refractivity contribution >= 4 is 35.0 Å². The first-order valence-corrected chi connectivity index (χ1v) is 6.14. The second kappa shape index (κ2) is 6.51. The van der Waals surface area contributed by atoms with Gasteiger partial charge >= 0.3 is 0 Å². The number of halogens is 2. The molecule has 0 amide bonds. The molecule has 1 N–H and O–H groups in total. The van der Waals surface area contributed by atoms with E-state index < -0.39 is 0 Å². The molecule has 0 aliphatic heterocycles. The van der Waals surface area contributed by atoms with Gasteiger partial charge in [0.25, 0.3) is 0 Å². The zero-order chi connectivity index (χ0) is 10.4. The maximum absolute atomic E-state index is 8.59. The summed E-state index contributed by atoms with van der Waals surface area (Å²) in [6.45, 7) is 0.226. The molecule has 14 heavy (non-hydrogen) atoms. The third-order valence-electron chi connectivity index (χ3n) is 1.57. The summed E-state index contributed by atoms with van der Waals surface area (Å²) in [6, 6.07) is 3.42. The van der Waals surface area contributed by atoms with E-state index in [1.165, 1.54) is 0 Å². The summed E-state index contributed by atoms with van der Waals surface area (Å²) in [7, 11) is 0. The number of aliphatic hydroxyl groups excluding tert-OH is 1. The van der Waals surface area contributed by atoms with Gasteiger partial charge in [0, 0.05) is 12.4 Å². The molecule has 0 radical (unpaired) electrons. The molecular weight excluding hydrogens is 241 g/mol. The Labute approximate surface area is 97.6 Å². The van der Waals surface area contributed by atoms with Gasteiger partial charge in [-0.05, 0) is 24.3 Å². The van der Waals surface area contributed by atoms with Crippen LogP contribution >= 0.6 is 35.0 Å². The van der Waals surface area contributed by atoms with E-state index in [4.69, 9.17) is 28.3 Å². The fourth-order valence-electron chi connectivity index (χ4n) is 0.894. The molecule has 0 bridgehead atoms. The minimum Gasteiger partial charge on any atom is -0.396 e. The first-order valence-electron chi connectivity index (χ1n) is 4.23. The van der Waals surface area contributed by atoms with Crippen LogP contribution in [0.4, 0.5) is 0 Å². The fourth-order valence-corrected chi connectivity index (χ4v) is 2.20. The predicted molar refractivity (Wildman–Crippen MR) is 62.1 cm³/mol. The largest absolute Gasteiger partial charge is 0.396 e. The molecule has 78 valence electrons. The lowest BCUT2D eigenvalue weighted by Crippen LogP contribution is -1.91. The van der Waals surface area contributed by atoms with Gasteiger partial charge in [0.2, 0.25) is 0 Å². The molecule has 0 aliphatic rings. The molecule has 1 rings (SSSR count). The zero-order valence-corrected chi connectivity index (χ0v) is 9.87. The maximum atomic E-state index is 8.59. The van der Waals surface area contributed by atoms with E-state index in [9.17, 15) is 0 Å². The quantitative estimate of drug-likeness (QED) is 0.646. The number of aliphatic hydroxyl groups is 1. The Balaban J connectivity index is 2.45. The molecule has 2 nitrogen and oxygen atoms in total. The summed E-state index contributed by atoms with van der Waals surface area (Å²) in [5.74, 6) is 1.64. The Morgan fingerprint density at radius 1 is 1.36 bits per heavy atom. The van der Waals surface area contributed by atoms with E-state index in [0.29, 0.717) is 10.2 Å². The van der Waals surface area contributed by atoms with Gasteiger partial charge in [0.15, 0.2) is 0 Å². The molecule has 5 heteroatoms. The van der Waals surface area contributed by atoms with Crippen LogP contribution in [0, 0.1) is 0 Å². The molecule has 0 fully saturated rings. The smallest absolute Gasteiger partial charge is 0.129 e. The third-order valence-corrected chi connectivity index (χ3v) is 3.18. The maximum Gasteiger partial charge on any atom is 0.129 e. The van der Waals surface area contributed by atoms with Crippen LogP contribution in [0.25, 0.3) is 0 Å². The first-order chi connectivity index (χ1) is 6.74. The summed E-state index contributed by atoms with van der Waals surface area (Å²) >= 11 is 13.4. The fraction of sp³-hybridized carbons (Fsp3) is 0.444. The number of aromatic nitrogens is 1. The first kappa shape index (κ1) is 12.1. The minimum atomic E-state index is 0.226. The molecule has 1 aromatic rings. The molecule has 1 aromatic heterocycles. The van der Waals surface area contributed by atoms with Crippen LogP contribution in [-0.4, -0.2) is 22.5 Å². The van der Waals surface area contributed by atoms with Crippen LogP contribution < -0.4 is 0 Å². The van der Waals surface area contributed by atoms with Gasteiger partial charge in [-0.25, -0.2) is 4.98 Å². The van der Waals surface area contributed by atoms with E-state index in [0.717, 1.165) is 23.6 Å². The van der Waals surface area contributed by atoms with Crippen molar-refractivity contribution in [2.24, 2.45) is 0 Å². The van der Waals surface area contributed by atoms with Crippen molar-refractivity contribution in [3.05, 3.63) is 28.0 Å². The zero-order valence-electron chi connectivity index (χ0n) is 7.54. The van der Waals surface area contributed by atoms with Crippen molar-refractivity contribution in [1.82, 2.24) is 4.98 Å². The van der Waals surface area contributed by atoms with Crippen molar-refractivity contribution in [2.75, 3.05) is 12.4 Å². The van der Waals surface area contributed by atoms with Gasteiger partial charge in [0.1, 0.15) is 5.15 Å². The minimum absolute atomic E-state index is 0.226. The topological polar surface area (TPSA) is 33.1 Å². The van der Waals surface area contributed by atoms with Gasteiger partial charge < -0.3 is 5.11 Å². The van der Waals surface area contributed by atoms with Gasteiger partial charge in [-0.3, -0.25) is 0 Å². The molecule has 1 heterocycles. The van der Waals surface area contributed by atoms with Crippen molar-refractivity contribution in [3.63, 3.8) is 0 Å². The monoisotopic (exact) mass is 251 g/mol. The Morgan fingerprint density at radius 3 is 2.86 bits per heavy atom. The van der Waals surface area contributed by atoms with Crippen molar-refractivity contribution in [3.8, 4) is 0 Å². The highest BCUT2D eigenvalue weighted by atomic mass is 35.5. The second-order valence-corrected chi connectivity index (χ2v) is 4.59. The lowest BCUT2D eigenvalue weighted by molar-refractivity contribution is 0.296. The number of thioether (sulfide) groups is 1. The number of pyridine rings is 1. The average molecular weight is 252 g/mol. The standard InChI is InChI=1S/C9H11Cl2NOS/c10-7-2-3-9(11)12-8(7)6-14-5-1-4-13/h2-3,13H,1,4-6H2. The van der Waals surface area contributed by atoms with Crippen LogP contribution in [-0.2, 0) is 5.75 Å². The molecule has 0 spiro atoms. The van der Waals surface area contributed by atoms with Gasteiger partial charge in [-0.2, -0.15) is 11.8 Å². The summed E-state index contributed by atoms with van der Waals surface area (Å²) in [5, 5.41) is 9.70. The summed E-state index contributed by atoms with van der Waals surface area (Å²) < 4.78 is 0. The van der Waals surface area contributed by atoms with Crippen molar-refractivity contribution in [1.29, 1.82) is 0 Å². The van der Waals surface area contributed by atoms with E-state index in [-0.39, 0.29) is 6.61 Å². The molecule has 0 atom stereocenters. The van der Waals surface area contributed by atoms with Crippen LogP contribution in [0.15, 0.2) is 12.1 Å². The Morgan fingerprint density at radius 2 is 2.14 bits per heavy atom. The van der Waals surface area contributed by atoms with E-state index in [1.54, 1.807) is 23.9 Å². The van der Waals surface area contributed by atoms with Gasteiger partial charge in [0.05, 0.1) is 10.7 Å². The Bertz CT molecular complexity index is 296. The molecule has 0 unspecified atom stereocenters. The molecule has 0 aromatic carbocycles. The van der Waals surface area contributed by atoms with Gasteiger partial charge in [-0.1, -0.05) is 23.2 Å². The van der Waals surface area contributed by atoms with E-state index in [2.05, 4.69) is 4.98 Å². The molecule has 0 aliphatic carbocycles. The molecule has 0 saturated carbocycles. The Hall–Kier alpha value is 0.0400. The highest BCUT2D eigenvalue weighted by Crippen LogP contribution is 2.21. The average Bonchev–Trinajstić information content (AvgIpc) is 2.18. The highest BCUT2D eigenvalue weighted by molar-refractivity contribution is 7.98. The van der Waals surface area contributed by atoms with Crippen LogP contribution in [0.1, 0.15) is 12.1 Å². The van der Waals surface area contributed by atoms with Crippen LogP contribution in [0.2, 0.25) is 10.2 Å². The van der Waals surface area contributed by atoms with Crippen LogP contribution in [0.3, 0.4) is 0 Å². The van der Waals surface area contributed by atoms with Crippen molar-refractivity contribution in [2.45, 2.75) is 12.2 Å². The molecule has 0 saturated heterocycles. The summed E-state index contributed by atoms with van der Waals surface area (Å²) in [6.07, 6.45) is 0.794. The summed E-state index contributed by atoms with van der Waals surface area (Å²) in [5.41, 5.74) is 0.808. The number of hydrogen-bond acceptors (Lipinski definition) is 3. The normalized spacial score (nSPS) is 10.5. The third kappa shape index (κ3) is 4.05. The highest BCUT2D eigenvalue weighted by Gasteiger charge is 2.02. The lowest BCUT2D eigenvalue weighted by Gasteiger charge is -2.03. The van der Waals surface area contributed by atoms with Gasteiger partial charge in [-0.15, -0.1) is 0 Å². The second-order valence-electron chi connectivity index (χ2n) is 2.69. The molecular formula is C9H11Cl2NOS. The van der Waals surface area contributed by atoms with Crippen molar-refractivity contribution < 1.29 is 5.11 Å². The SMILES string of the molecule is OCCCSCc1nc(Cl)ccc1Cl. The number of nitrogens with zero attached hydrogens (tertiary/aromatic N) is 1. The lowest BCUT2D eigenvalue weighted by atomic mass is 10.4. The number of hydrogen-bond donors (Lipinski definition) is 1. The Kier molecular flexibility index (Phi) is 5.63. The summed E-state index contributed by atoms with van der Waals surface area (Å²) in [4.78, 5) is 4.12. The number of rotatable bonds is 5. The van der Waals surface area contributed by atoms with Crippen LogP contribution in [0.5, 0.6) is 0 Å². The van der Waals surface area contributed by atoms with E-state index in [1.807, 2.05) is 0 Å². The van der Waals surface area contributed by atoms with E-state index >= 15 is 0 Å².